The molecule has 21 heavy (non-hydrogen) atoms. The highest BCUT2D eigenvalue weighted by molar-refractivity contribution is 6.34. The number of halogens is 3. The summed E-state index contributed by atoms with van der Waals surface area (Å²) in [6.45, 7) is 0. The van der Waals surface area contributed by atoms with E-state index in [1.807, 2.05) is 0 Å². The Morgan fingerprint density at radius 2 is 1.81 bits per heavy atom. The standard InChI is InChI=1S/C15H9Cl3O3/c16-10-3-5-12(17)14(7-10)21-11-4-1-9(13(18)8-11)2-6-15(19)20/h1-8H,(H,19,20)/b6-2+. The minimum absolute atomic E-state index is 0.364. The summed E-state index contributed by atoms with van der Waals surface area (Å²) < 4.78 is 5.61. The highest BCUT2D eigenvalue weighted by Crippen LogP contribution is 2.33. The van der Waals surface area contributed by atoms with Gasteiger partial charge in [-0.05, 0) is 42.0 Å². The first-order valence-electron chi connectivity index (χ1n) is 5.79. The topological polar surface area (TPSA) is 46.5 Å². The highest BCUT2D eigenvalue weighted by atomic mass is 35.5. The molecule has 0 aromatic heterocycles. The Morgan fingerprint density at radius 3 is 2.48 bits per heavy atom. The zero-order chi connectivity index (χ0) is 15.4. The number of rotatable bonds is 4. The van der Waals surface area contributed by atoms with Crippen molar-refractivity contribution in [3.63, 3.8) is 0 Å². The normalized spacial score (nSPS) is 10.8. The number of aliphatic carboxylic acids is 1. The van der Waals surface area contributed by atoms with E-state index in [1.165, 1.54) is 6.08 Å². The predicted molar refractivity (Wildman–Crippen MR) is 84.7 cm³/mol. The van der Waals surface area contributed by atoms with Gasteiger partial charge in [-0.25, -0.2) is 4.79 Å². The van der Waals surface area contributed by atoms with Crippen LogP contribution in [0.15, 0.2) is 42.5 Å². The molecule has 0 aliphatic rings. The van der Waals surface area contributed by atoms with Crippen molar-refractivity contribution >= 4 is 46.8 Å². The van der Waals surface area contributed by atoms with Gasteiger partial charge in [-0.15, -0.1) is 0 Å². The van der Waals surface area contributed by atoms with Gasteiger partial charge in [0.25, 0.3) is 0 Å². The molecule has 0 saturated carbocycles. The van der Waals surface area contributed by atoms with Crippen molar-refractivity contribution < 1.29 is 14.6 Å². The van der Waals surface area contributed by atoms with Crippen LogP contribution >= 0.6 is 34.8 Å². The van der Waals surface area contributed by atoms with Gasteiger partial charge in [-0.3, -0.25) is 0 Å². The van der Waals surface area contributed by atoms with Gasteiger partial charge in [0.15, 0.2) is 0 Å². The molecule has 0 unspecified atom stereocenters. The number of carbonyl (C=O) groups is 1. The lowest BCUT2D eigenvalue weighted by molar-refractivity contribution is -0.131. The fraction of sp³-hybridized carbons (Fsp3) is 0. The molecule has 0 atom stereocenters. The number of carboxylic acids is 1. The van der Waals surface area contributed by atoms with Crippen molar-refractivity contribution in [3.05, 3.63) is 63.1 Å². The first-order valence-corrected chi connectivity index (χ1v) is 6.92. The zero-order valence-corrected chi connectivity index (χ0v) is 12.8. The maximum atomic E-state index is 10.5. The van der Waals surface area contributed by atoms with Gasteiger partial charge in [-0.1, -0.05) is 34.8 Å². The van der Waals surface area contributed by atoms with Gasteiger partial charge in [0.2, 0.25) is 0 Å². The summed E-state index contributed by atoms with van der Waals surface area (Å²) in [5, 5.41) is 9.88. The maximum absolute atomic E-state index is 10.5. The van der Waals surface area contributed by atoms with E-state index in [-0.39, 0.29) is 0 Å². The van der Waals surface area contributed by atoms with Gasteiger partial charge < -0.3 is 9.84 Å². The molecule has 6 heteroatoms. The van der Waals surface area contributed by atoms with E-state index in [0.717, 1.165) is 6.08 Å². The van der Waals surface area contributed by atoms with Crippen molar-refractivity contribution in [2.45, 2.75) is 0 Å². The van der Waals surface area contributed by atoms with Crippen molar-refractivity contribution in [2.24, 2.45) is 0 Å². The van der Waals surface area contributed by atoms with Gasteiger partial charge in [0.1, 0.15) is 11.5 Å². The second-order valence-electron chi connectivity index (χ2n) is 4.03. The molecule has 2 aromatic carbocycles. The fourth-order valence-corrected chi connectivity index (χ4v) is 2.10. The third-order valence-corrected chi connectivity index (χ3v) is 3.37. The van der Waals surface area contributed by atoms with Gasteiger partial charge in [0.05, 0.1) is 10.0 Å². The Labute approximate surface area is 136 Å². The molecule has 1 N–H and O–H groups in total. The summed E-state index contributed by atoms with van der Waals surface area (Å²) in [6, 6.07) is 9.75. The lowest BCUT2D eigenvalue weighted by Gasteiger charge is -2.09. The summed E-state index contributed by atoms with van der Waals surface area (Å²) in [5.74, 6) is -0.164. The Kier molecular flexibility index (Phi) is 5.12. The number of benzene rings is 2. The molecule has 0 spiro atoms. The molecule has 2 aromatic rings. The molecule has 108 valence electrons. The molecule has 0 fully saturated rings. The maximum Gasteiger partial charge on any atom is 0.328 e. The summed E-state index contributed by atoms with van der Waals surface area (Å²) in [5.41, 5.74) is 0.573. The zero-order valence-electron chi connectivity index (χ0n) is 10.5. The van der Waals surface area contributed by atoms with E-state index in [1.54, 1.807) is 36.4 Å². The van der Waals surface area contributed by atoms with Gasteiger partial charge >= 0.3 is 5.97 Å². The average molecular weight is 344 g/mol. The van der Waals surface area contributed by atoms with Crippen LogP contribution in [-0.4, -0.2) is 11.1 Å². The van der Waals surface area contributed by atoms with Crippen LogP contribution in [0.3, 0.4) is 0 Å². The summed E-state index contributed by atoms with van der Waals surface area (Å²) in [4.78, 5) is 10.5. The van der Waals surface area contributed by atoms with Crippen molar-refractivity contribution in [3.8, 4) is 11.5 Å². The smallest absolute Gasteiger partial charge is 0.328 e. The molecule has 0 saturated heterocycles. The molecule has 0 radical (unpaired) electrons. The summed E-state index contributed by atoms with van der Waals surface area (Å²) >= 11 is 18.0. The summed E-state index contributed by atoms with van der Waals surface area (Å²) in [6.07, 6.45) is 2.41. The van der Waals surface area contributed by atoms with Crippen LogP contribution in [-0.2, 0) is 4.79 Å². The molecular weight excluding hydrogens is 335 g/mol. The lowest BCUT2D eigenvalue weighted by Crippen LogP contribution is -1.88. The van der Waals surface area contributed by atoms with Crippen molar-refractivity contribution in [1.29, 1.82) is 0 Å². The van der Waals surface area contributed by atoms with Crippen molar-refractivity contribution in [1.82, 2.24) is 0 Å². The molecule has 0 amide bonds. The van der Waals surface area contributed by atoms with Crippen LogP contribution in [0.2, 0.25) is 15.1 Å². The van der Waals surface area contributed by atoms with Gasteiger partial charge in [0, 0.05) is 17.2 Å². The van der Waals surface area contributed by atoms with Crippen LogP contribution in [0.1, 0.15) is 5.56 Å². The van der Waals surface area contributed by atoms with E-state index in [0.29, 0.717) is 32.1 Å². The minimum atomic E-state index is -1.04. The van der Waals surface area contributed by atoms with E-state index in [9.17, 15) is 4.79 Å². The molecule has 0 heterocycles. The average Bonchev–Trinajstić information content (AvgIpc) is 2.42. The number of hydrogen-bond donors (Lipinski definition) is 1. The SMILES string of the molecule is O=C(O)/C=C/c1ccc(Oc2cc(Cl)ccc2Cl)cc1Cl. The second-order valence-corrected chi connectivity index (χ2v) is 5.28. The van der Waals surface area contributed by atoms with Crippen LogP contribution in [0.25, 0.3) is 6.08 Å². The molecule has 2 rings (SSSR count). The van der Waals surface area contributed by atoms with E-state index in [4.69, 9.17) is 44.6 Å². The number of ether oxygens (including phenoxy) is 1. The van der Waals surface area contributed by atoms with Crippen LogP contribution in [0.5, 0.6) is 11.5 Å². The molecule has 0 bridgehead atoms. The Morgan fingerprint density at radius 1 is 1.05 bits per heavy atom. The largest absolute Gasteiger partial charge is 0.478 e. The molecule has 0 aliphatic carbocycles. The Hall–Kier alpha value is -1.68. The van der Waals surface area contributed by atoms with E-state index < -0.39 is 5.97 Å². The van der Waals surface area contributed by atoms with E-state index in [2.05, 4.69) is 0 Å². The molecular formula is C15H9Cl3O3. The van der Waals surface area contributed by atoms with E-state index >= 15 is 0 Å². The monoisotopic (exact) mass is 342 g/mol. The quantitative estimate of drug-likeness (QED) is 0.742. The van der Waals surface area contributed by atoms with Crippen LogP contribution in [0.4, 0.5) is 0 Å². The third-order valence-electron chi connectivity index (χ3n) is 2.50. The fourth-order valence-electron chi connectivity index (χ4n) is 1.55. The molecule has 0 aliphatic heterocycles. The number of carboxylic acid groups (broad SMARTS) is 1. The Bertz CT molecular complexity index is 711. The summed E-state index contributed by atoms with van der Waals surface area (Å²) in [7, 11) is 0. The van der Waals surface area contributed by atoms with Crippen molar-refractivity contribution in [2.75, 3.05) is 0 Å². The first-order chi connectivity index (χ1) is 9.95. The van der Waals surface area contributed by atoms with Gasteiger partial charge in [-0.2, -0.15) is 0 Å². The lowest BCUT2D eigenvalue weighted by atomic mass is 10.2. The molecule has 3 nitrogen and oxygen atoms in total. The van der Waals surface area contributed by atoms with Crippen LogP contribution in [0, 0.1) is 0 Å². The minimum Gasteiger partial charge on any atom is -0.478 e. The number of hydrogen-bond acceptors (Lipinski definition) is 2. The second kappa shape index (κ2) is 6.85. The van der Waals surface area contributed by atoms with Crippen LogP contribution < -0.4 is 4.74 Å². The highest BCUT2D eigenvalue weighted by Gasteiger charge is 2.06. The predicted octanol–water partition coefficient (Wildman–Crippen LogP) is 5.54. The first kappa shape index (κ1) is 15.7. The Balaban J connectivity index is 2.24. The third kappa shape index (κ3) is 4.39.